The minimum absolute atomic E-state index is 0.192. The van der Waals surface area contributed by atoms with Crippen molar-refractivity contribution in [2.45, 2.75) is 114 Å². The predicted octanol–water partition coefficient (Wildman–Crippen LogP) is 29.5. The summed E-state index contributed by atoms with van der Waals surface area (Å²) in [4.78, 5) is 0. The van der Waals surface area contributed by atoms with Crippen LogP contribution in [0.3, 0.4) is 0 Å². The van der Waals surface area contributed by atoms with Gasteiger partial charge < -0.3 is 18.4 Å². The van der Waals surface area contributed by atoms with Gasteiger partial charge in [-0.3, -0.25) is 0 Å². The van der Waals surface area contributed by atoms with E-state index in [0.29, 0.717) is 0 Å². The summed E-state index contributed by atoms with van der Waals surface area (Å²) in [6.07, 6.45) is 14.3. The van der Waals surface area contributed by atoms with Gasteiger partial charge in [0.25, 0.3) is 0 Å². The molecule has 1 saturated heterocycles. The average Bonchev–Trinajstić information content (AvgIpc) is 1.48. The summed E-state index contributed by atoms with van der Waals surface area (Å²) in [5.41, 5.74) is 28.2. The van der Waals surface area contributed by atoms with E-state index < -0.39 is 0 Å². The molecule has 8 bridgehead atoms. The number of aromatic nitrogens is 2. The lowest BCUT2D eigenvalue weighted by atomic mass is 9.43. The van der Waals surface area contributed by atoms with Crippen LogP contribution in [0.1, 0.15) is 114 Å². The van der Waals surface area contributed by atoms with Crippen molar-refractivity contribution in [3.05, 3.63) is 330 Å². The van der Waals surface area contributed by atoms with Crippen LogP contribution in [0.15, 0.2) is 308 Å². The highest BCUT2D eigenvalue weighted by Crippen LogP contribution is 2.72. The quantitative estimate of drug-likeness (QED) is 0.155. The van der Waals surface area contributed by atoms with Gasteiger partial charge in [-0.15, -0.1) is 22.7 Å². The van der Waals surface area contributed by atoms with Crippen molar-refractivity contribution in [1.29, 1.82) is 0 Å². The molecule has 9 fully saturated rings. The van der Waals surface area contributed by atoms with Crippen LogP contribution in [0.2, 0.25) is 0 Å². The molecule has 14 aromatic carbocycles. The third kappa shape index (κ3) is 10.4. The summed E-state index contributed by atoms with van der Waals surface area (Å²) in [5, 5.41) is 10.4. The molecular weight excluding hydrogens is 1540 g/mol. The van der Waals surface area contributed by atoms with Crippen LogP contribution >= 0.6 is 38.6 Å². The van der Waals surface area contributed by atoms with Gasteiger partial charge in [0.15, 0.2) is 0 Å². The van der Waals surface area contributed by atoms with E-state index in [1.54, 1.807) is 22.3 Å². The van der Waals surface area contributed by atoms with Gasteiger partial charge in [0.1, 0.15) is 0 Å². The predicted molar refractivity (Wildman–Crippen MR) is 500 cm³/mol. The molecule has 18 aromatic rings. The van der Waals surface area contributed by atoms with E-state index in [-0.39, 0.29) is 29.2 Å². The Morgan fingerprint density at radius 2 is 0.636 bits per heavy atom. The Balaban J connectivity index is 0.000000113. The third-order valence-electron chi connectivity index (χ3n) is 31.0. The zero-order chi connectivity index (χ0) is 78.2. The maximum absolute atomic E-state index is 6.44. The number of nitrogens with zero attached hydrogens (tertiary/aromatic N) is 2. The van der Waals surface area contributed by atoms with Gasteiger partial charge in [0, 0.05) is 88.6 Å². The highest BCUT2D eigenvalue weighted by molar-refractivity contribution is 9.10. The Bertz CT molecular complexity index is 7140. The molecule has 0 radical (unpaired) electrons. The smallest absolute Gasteiger partial charge is 0.399 e. The van der Waals surface area contributed by atoms with Gasteiger partial charge in [-0.05, 0) is 332 Å². The fourth-order valence-corrected chi connectivity index (χ4v) is 28.2. The lowest BCUT2D eigenvalue weighted by Gasteiger charge is -2.61. The van der Waals surface area contributed by atoms with E-state index in [1.165, 1.54) is 215 Å². The summed E-state index contributed by atoms with van der Waals surface area (Å²) in [7, 11) is -0.385. The Hall–Kier alpha value is -10.4. The zero-order valence-electron chi connectivity index (χ0n) is 67.0. The number of rotatable bonds is 6. The van der Waals surface area contributed by atoms with Gasteiger partial charge in [-0.25, -0.2) is 0 Å². The first-order valence-electron chi connectivity index (χ1n) is 43.4. The van der Waals surface area contributed by atoms with E-state index in [9.17, 15) is 0 Å². The van der Waals surface area contributed by atoms with Crippen molar-refractivity contribution in [2.24, 2.45) is 47.3 Å². The second-order valence-electron chi connectivity index (χ2n) is 37.4. The summed E-state index contributed by atoms with van der Waals surface area (Å²) in [5.74, 6) is 6.92. The third-order valence-corrected chi connectivity index (χ3v) is 33.8. The van der Waals surface area contributed by atoms with E-state index in [1.807, 2.05) is 22.7 Å². The number of para-hydroxylation sites is 2. The SMILES string of the molecule is Brc1ccc2sc3ccccc3c2c1.CC1(C)OB(c2ccc3c(c2)c2ccccc2n3-c2ccc(-c3ccc4c(c3)C3(c5ccccc5-4)C4CC5CC(C4)CC3C5)cc2)OC1(C)C.c1ccc2c(c1)-c1ccc(-c3ccc(-n4c5ccccc5c5cc(-c6ccc7sc8ccccc8c7c6)ccc54)cc3)cc1C21C2CC3CC(C2)CC1C3. The Morgan fingerprint density at radius 3 is 1.13 bits per heavy atom. The molecule has 4 aromatic heterocycles. The Morgan fingerprint density at radius 1 is 0.288 bits per heavy atom. The van der Waals surface area contributed by atoms with Crippen LogP contribution in [0.5, 0.6) is 0 Å². The number of hydrogen-bond acceptors (Lipinski definition) is 4. The number of fused-ring (bicyclic) bond motifs is 18. The maximum atomic E-state index is 6.44. The maximum Gasteiger partial charge on any atom is 0.494 e. The van der Waals surface area contributed by atoms with Gasteiger partial charge in [-0.2, -0.15) is 0 Å². The highest BCUT2D eigenvalue weighted by Gasteiger charge is 2.63. The van der Waals surface area contributed by atoms with Crippen molar-refractivity contribution in [1.82, 2.24) is 9.13 Å². The van der Waals surface area contributed by atoms with E-state index in [4.69, 9.17) is 9.31 Å². The van der Waals surface area contributed by atoms with Crippen LogP contribution < -0.4 is 5.46 Å². The molecule has 10 aliphatic carbocycles. The van der Waals surface area contributed by atoms with Gasteiger partial charge in [-0.1, -0.05) is 210 Å². The molecular formula is C110H90BBrN2O2S2. The summed E-state index contributed by atoms with van der Waals surface area (Å²) in [6.45, 7) is 8.46. The number of halogens is 1. The van der Waals surface area contributed by atoms with Crippen molar-refractivity contribution in [2.75, 3.05) is 0 Å². The van der Waals surface area contributed by atoms with Gasteiger partial charge in [0.05, 0.1) is 33.3 Å². The van der Waals surface area contributed by atoms with Gasteiger partial charge in [0.2, 0.25) is 0 Å². The molecule has 11 aliphatic rings. The number of thiophene rings is 2. The fraction of sp³-hybridized carbons (Fsp3) is 0.236. The molecule has 0 amide bonds. The van der Waals surface area contributed by atoms with Crippen LogP contribution in [0.4, 0.5) is 0 Å². The van der Waals surface area contributed by atoms with Crippen molar-refractivity contribution in [3.8, 4) is 67.0 Å². The fourth-order valence-electron chi connectivity index (χ4n) is 25.7. The molecule has 29 rings (SSSR count). The van der Waals surface area contributed by atoms with Crippen molar-refractivity contribution in [3.63, 3.8) is 0 Å². The molecule has 0 unspecified atom stereocenters. The van der Waals surface area contributed by atoms with Crippen LogP contribution in [0, 0.1) is 47.3 Å². The van der Waals surface area contributed by atoms with Crippen molar-refractivity contribution < 1.29 is 9.31 Å². The average molecular weight is 1630 g/mol. The summed E-state index contributed by atoms with van der Waals surface area (Å²) < 4.78 is 24.3. The monoisotopic (exact) mass is 1620 g/mol. The number of hydrogen-bond donors (Lipinski definition) is 0. The molecule has 0 atom stereocenters. The Labute approximate surface area is 706 Å². The second kappa shape index (κ2) is 26.3. The number of benzene rings is 14. The lowest BCUT2D eigenvalue weighted by molar-refractivity contribution is -0.0399. The van der Waals surface area contributed by atoms with E-state index >= 15 is 0 Å². The summed E-state index contributed by atoms with van der Waals surface area (Å²) >= 11 is 7.24. The minimum atomic E-state index is -0.385. The normalized spacial score (nSPS) is 24.1. The molecule has 8 heteroatoms. The zero-order valence-corrected chi connectivity index (χ0v) is 70.3. The van der Waals surface area contributed by atoms with E-state index in [2.05, 4.69) is 356 Å². The molecule has 8 saturated carbocycles. The highest BCUT2D eigenvalue weighted by atomic mass is 79.9. The largest absolute Gasteiger partial charge is 0.494 e. The first kappa shape index (κ1) is 70.6. The molecule has 2 spiro atoms. The molecule has 4 nitrogen and oxygen atoms in total. The Kier molecular flexibility index (Phi) is 15.7. The first-order chi connectivity index (χ1) is 57.8. The molecule has 574 valence electrons. The molecule has 1 aliphatic heterocycles. The second-order valence-corrected chi connectivity index (χ2v) is 40.5. The molecule has 118 heavy (non-hydrogen) atoms. The van der Waals surface area contributed by atoms with Crippen LogP contribution in [-0.2, 0) is 20.1 Å². The topological polar surface area (TPSA) is 28.3 Å². The molecule has 0 N–H and O–H groups in total. The lowest BCUT2D eigenvalue weighted by Crippen LogP contribution is -2.55. The molecule has 5 heterocycles. The van der Waals surface area contributed by atoms with Gasteiger partial charge >= 0.3 is 7.12 Å². The standard InChI is InChI=1S/C52H39NS.C46H44BNO2.C12H7BrS/c1-4-10-46-40(7-1)41-20-15-36(30-47(41)52(46)37-24-31-23-32(26-37)27-38(52)25-31)33-13-18-39(19-14-33)53-48-11-5-2-8-42(48)44-28-34(16-21-49(44)53)35-17-22-51-45(29-35)43-9-3-6-12-50(43)54-51;1-44(2)45(3,4)50-47(49-44)34-16-20-43-39(27-34)38-10-6-8-12-42(38)48(43)35-17-13-30(14-18-35)31-15-19-37-36-9-5-7-11-40(36)46(41(37)26-31)32-22-28-21-29(24-32)25-33(46)23-28;13-8-5-6-12-10(7-8)9-3-1-2-4-11(9)14-12/h1-22,28-32,37-38H,23-27H2;5-20,26-29,32-33H,21-25H2,1-4H3;1-7H. The first-order valence-corrected chi connectivity index (χ1v) is 45.8. The van der Waals surface area contributed by atoms with Crippen molar-refractivity contribution >= 4 is 135 Å². The summed E-state index contributed by atoms with van der Waals surface area (Å²) in [6, 6.07) is 115. The minimum Gasteiger partial charge on any atom is -0.399 e. The van der Waals surface area contributed by atoms with E-state index in [0.717, 1.165) is 57.3 Å². The van der Waals surface area contributed by atoms with Crippen LogP contribution in [0.25, 0.3) is 151 Å². The van der Waals surface area contributed by atoms with Crippen LogP contribution in [-0.4, -0.2) is 27.5 Å².